The Kier molecular flexibility index (Phi) is 3.59. The molecule has 4 nitrogen and oxygen atoms in total. The van der Waals surface area contributed by atoms with Crippen LogP contribution in [0.15, 0.2) is 24.3 Å². The van der Waals surface area contributed by atoms with E-state index in [4.69, 9.17) is 16.3 Å². The molecule has 1 aromatic carbocycles. The third-order valence-electron chi connectivity index (χ3n) is 2.90. The van der Waals surface area contributed by atoms with E-state index in [2.05, 4.69) is 5.10 Å². The average Bonchev–Trinajstić information content (AvgIpc) is 2.63. The minimum absolute atomic E-state index is 0.454. The maximum Gasteiger partial charge on any atom is 0.133 e. The topological polar surface area (TPSA) is 47.3 Å². The SMILES string of the molecule is COc1ccc(C(O)c2c(C)nn(C)c2Cl)cc1. The first-order valence-corrected chi connectivity index (χ1v) is 5.93. The van der Waals surface area contributed by atoms with E-state index in [1.807, 2.05) is 19.1 Å². The molecule has 0 saturated heterocycles. The van der Waals surface area contributed by atoms with Crippen LogP contribution in [0.25, 0.3) is 0 Å². The third-order valence-corrected chi connectivity index (χ3v) is 3.35. The second-order valence-electron chi connectivity index (χ2n) is 4.09. The van der Waals surface area contributed by atoms with Gasteiger partial charge < -0.3 is 9.84 Å². The van der Waals surface area contributed by atoms with Crippen molar-refractivity contribution in [2.24, 2.45) is 7.05 Å². The van der Waals surface area contributed by atoms with Crippen molar-refractivity contribution in [3.8, 4) is 5.75 Å². The molecular weight excluding hydrogens is 252 g/mol. The van der Waals surface area contributed by atoms with Gasteiger partial charge >= 0.3 is 0 Å². The molecule has 0 aliphatic rings. The molecule has 2 rings (SSSR count). The van der Waals surface area contributed by atoms with Gasteiger partial charge in [-0.15, -0.1) is 0 Å². The summed E-state index contributed by atoms with van der Waals surface area (Å²) >= 11 is 6.13. The van der Waals surface area contributed by atoms with Crippen molar-refractivity contribution in [1.82, 2.24) is 9.78 Å². The van der Waals surface area contributed by atoms with Gasteiger partial charge in [-0.3, -0.25) is 4.68 Å². The smallest absolute Gasteiger partial charge is 0.133 e. The van der Waals surface area contributed by atoms with Gasteiger partial charge in [0.15, 0.2) is 0 Å². The van der Waals surface area contributed by atoms with Crippen molar-refractivity contribution < 1.29 is 9.84 Å². The van der Waals surface area contributed by atoms with Gasteiger partial charge in [-0.1, -0.05) is 23.7 Å². The fourth-order valence-corrected chi connectivity index (χ4v) is 2.19. The highest BCUT2D eigenvalue weighted by Crippen LogP contribution is 2.31. The van der Waals surface area contributed by atoms with Gasteiger partial charge in [0.1, 0.15) is 17.0 Å². The molecule has 18 heavy (non-hydrogen) atoms. The molecule has 0 radical (unpaired) electrons. The Labute approximate surface area is 111 Å². The summed E-state index contributed by atoms with van der Waals surface area (Å²) < 4.78 is 6.64. The zero-order valence-corrected chi connectivity index (χ0v) is 11.3. The van der Waals surface area contributed by atoms with Crippen LogP contribution in [0, 0.1) is 6.92 Å². The van der Waals surface area contributed by atoms with Crippen LogP contribution in [0.1, 0.15) is 22.9 Å². The van der Waals surface area contributed by atoms with Crippen molar-refractivity contribution in [3.63, 3.8) is 0 Å². The third kappa shape index (κ3) is 2.21. The second-order valence-corrected chi connectivity index (χ2v) is 4.45. The molecule has 1 atom stereocenters. The van der Waals surface area contributed by atoms with Crippen LogP contribution in [0.5, 0.6) is 5.75 Å². The molecule has 1 unspecified atom stereocenters. The molecule has 2 aromatic rings. The molecule has 0 aliphatic heterocycles. The zero-order chi connectivity index (χ0) is 13.3. The van der Waals surface area contributed by atoms with Gasteiger partial charge in [0.05, 0.1) is 12.8 Å². The van der Waals surface area contributed by atoms with Crippen molar-refractivity contribution in [2.45, 2.75) is 13.0 Å². The molecular formula is C13H15ClN2O2. The van der Waals surface area contributed by atoms with Gasteiger partial charge in [-0.25, -0.2) is 0 Å². The summed E-state index contributed by atoms with van der Waals surface area (Å²) in [4.78, 5) is 0. The van der Waals surface area contributed by atoms with Crippen LogP contribution < -0.4 is 4.74 Å². The molecule has 0 spiro atoms. The minimum atomic E-state index is -0.780. The van der Waals surface area contributed by atoms with Crippen molar-refractivity contribution in [1.29, 1.82) is 0 Å². The Balaban J connectivity index is 2.37. The minimum Gasteiger partial charge on any atom is -0.497 e. The second kappa shape index (κ2) is 5.00. The van der Waals surface area contributed by atoms with Crippen molar-refractivity contribution in [3.05, 3.63) is 46.2 Å². The molecule has 0 aliphatic carbocycles. The first kappa shape index (κ1) is 12.9. The molecule has 0 bridgehead atoms. The van der Waals surface area contributed by atoms with Crippen molar-refractivity contribution in [2.75, 3.05) is 7.11 Å². The van der Waals surface area contributed by atoms with E-state index in [1.54, 1.807) is 31.0 Å². The Bertz CT molecular complexity index is 549. The molecule has 5 heteroatoms. The maximum atomic E-state index is 10.4. The van der Waals surface area contributed by atoms with E-state index < -0.39 is 6.10 Å². The number of aliphatic hydroxyl groups is 1. The highest BCUT2D eigenvalue weighted by atomic mass is 35.5. The van der Waals surface area contributed by atoms with Crippen LogP contribution in [0.2, 0.25) is 5.15 Å². The van der Waals surface area contributed by atoms with Crippen LogP contribution >= 0.6 is 11.6 Å². The molecule has 0 saturated carbocycles. The molecule has 0 amide bonds. The van der Waals surface area contributed by atoms with E-state index in [0.29, 0.717) is 10.7 Å². The molecule has 96 valence electrons. The Morgan fingerprint density at radius 2 is 1.94 bits per heavy atom. The van der Waals surface area contributed by atoms with Crippen molar-refractivity contribution >= 4 is 11.6 Å². The molecule has 1 N–H and O–H groups in total. The predicted molar refractivity (Wildman–Crippen MR) is 70.0 cm³/mol. The summed E-state index contributed by atoms with van der Waals surface area (Å²) in [6.07, 6.45) is -0.780. The zero-order valence-electron chi connectivity index (χ0n) is 10.5. The molecule has 1 heterocycles. The van der Waals surface area contributed by atoms with Gasteiger partial charge in [-0.05, 0) is 24.6 Å². The lowest BCUT2D eigenvalue weighted by molar-refractivity contribution is 0.219. The number of hydrogen-bond donors (Lipinski definition) is 1. The fourth-order valence-electron chi connectivity index (χ4n) is 1.91. The quantitative estimate of drug-likeness (QED) is 0.928. The fraction of sp³-hybridized carbons (Fsp3) is 0.308. The number of benzene rings is 1. The monoisotopic (exact) mass is 266 g/mol. The number of aliphatic hydroxyl groups excluding tert-OH is 1. The standard InChI is InChI=1S/C13H15ClN2O2/c1-8-11(13(14)16(2)15-8)12(17)9-4-6-10(18-3)7-5-9/h4-7,12,17H,1-3H3. The first-order valence-electron chi connectivity index (χ1n) is 5.55. The summed E-state index contributed by atoms with van der Waals surface area (Å²) in [5.74, 6) is 0.750. The van der Waals surface area contributed by atoms with Crippen LogP contribution in [-0.4, -0.2) is 22.0 Å². The van der Waals surface area contributed by atoms with Gasteiger partial charge in [-0.2, -0.15) is 5.10 Å². The Hall–Kier alpha value is -1.52. The van der Waals surface area contributed by atoms with E-state index in [1.165, 1.54) is 0 Å². The lowest BCUT2D eigenvalue weighted by Gasteiger charge is -2.11. The predicted octanol–water partition coefficient (Wildman–Crippen LogP) is 2.47. The number of nitrogens with zero attached hydrogens (tertiary/aromatic N) is 2. The first-order chi connectivity index (χ1) is 8.54. The van der Waals surface area contributed by atoms with Gasteiger partial charge in [0.2, 0.25) is 0 Å². The summed E-state index contributed by atoms with van der Waals surface area (Å²) in [5.41, 5.74) is 2.13. The number of methoxy groups -OCH3 is 1. The molecule has 1 aromatic heterocycles. The lowest BCUT2D eigenvalue weighted by Crippen LogP contribution is -2.01. The largest absolute Gasteiger partial charge is 0.497 e. The van der Waals surface area contributed by atoms with Crippen LogP contribution in [0.4, 0.5) is 0 Å². The summed E-state index contributed by atoms with van der Waals surface area (Å²) in [6, 6.07) is 7.23. The van der Waals surface area contributed by atoms with Gasteiger partial charge in [0, 0.05) is 12.6 Å². The summed E-state index contributed by atoms with van der Waals surface area (Å²) in [6.45, 7) is 1.83. The van der Waals surface area contributed by atoms with E-state index in [-0.39, 0.29) is 0 Å². The van der Waals surface area contributed by atoms with Crippen LogP contribution in [0.3, 0.4) is 0 Å². The highest BCUT2D eigenvalue weighted by Gasteiger charge is 2.20. The number of hydrogen-bond acceptors (Lipinski definition) is 3. The van der Waals surface area contributed by atoms with E-state index >= 15 is 0 Å². The number of rotatable bonds is 3. The van der Waals surface area contributed by atoms with E-state index in [0.717, 1.165) is 17.0 Å². The number of aromatic nitrogens is 2. The van der Waals surface area contributed by atoms with Gasteiger partial charge in [0.25, 0.3) is 0 Å². The van der Waals surface area contributed by atoms with Crippen LogP contribution in [-0.2, 0) is 7.05 Å². The maximum absolute atomic E-state index is 10.4. The average molecular weight is 267 g/mol. The summed E-state index contributed by atoms with van der Waals surface area (Å²) in [7, 11) is 3.35. The highest BCUT2D eigenvalue weighted by molar-refractivity contribution is 6.30. The number of aryl methyl sites for hydroxylation is 2. The lowest BCUT2D eigenvalue weighted by atomic mass is 10.0. The Morgan fingerprint density at radius 3 is 2.39 bits per heavy atom. The Morgan fingerprint density at radius 1 is 1.33 bits per heavy atom. The van der Waals surface area contributed by atoms with E-state index in [9.17, 15) is 5.11 Å². The number of ether oxygens (including phenoxy) is 1. The normalized spacial score (nSPS) is 12.5. The number of halogens is 1. The summed E-state index contributed by atoms with van der Waals surface area (Å²) in [5, 5.41) is 15.0. The molecule has 0 fully saturated rings.